The zero-order valence-electron chi connectivity index (χ0n) is 15.3. The molecule has 1 saturated heterocycles. The van der Waals surface area contributed by atoms with Crippen LogP contribution in [0.3, 0.4) is 0 Å². The van der Waals surface area contributed by atoms with Gasteiger partial charge in [0, 0.05) is 18.5 Å². The second kappa shape index (κ2) is 7.61. The average Bonchev–Trinajstić information content (AvgIpc) is 3.22. The number of aromatic nitrogens is 2. The highest BCUT2D eigenvalue weighted by atomic mass is 16.5. The number of fused-ring (bicyclic) bond motifs is 1. The highest BCUT2D eigenvalue weighted by Gasteiger charge is 2.33. The van der Waals surface area contributed by atoms with Crippen molar-refractivity contribution in [1.82, 2.24) is 9.97 Å². The standard InChI is InChI=1S/C21H22N4O2/c1-27-20(26)18-12-7-13-25(18)21-23-17-11-6-5-10-16(17)19(24-21)22-14-15-8-3-2-4-9-15/h2-6,8-11,18H,7,12-14H2,1H3,(H,22,23,24)/t18-/m0/s1. The summed E-state index contributed by atoms with van der Waals surface area (Å²) in [7, 11) is 1.42. The van der Waals surface area contributed by atoms with E-state index < -0.39 is 0 Å². The molecule has 6 heteroatoms. The van der Waals surface area contributed by atoms with Gasteiger partial charge >= 0.3 is 5.97 Å². The number of para-hydroxylation sites is 1. The zero-order valence-corrected chi connectivity index (χ0v) is 15.3. The monoisotopic (exact) mass is 362 g/mol. The van der Waals surface area contributed by atoms with Gasteiger partial charge in [-0.1, -0.05) is 42.5 Å². The van der Waals surface area contributed by atoms with E-state index in [0.29, 0.717) is 12.5 Å². The maximum atomic E-state index is 12.1. The van der Waals surface area contributed by atoms with Crippen LogP contribution in [0.5, 0.6) is 0 Å². The minimum absolute atomic E-state index is 0.233. The van der Waals surface area contributed by atoms with E-state index in [9.17, 15) is 4.79 Å². The van der Waals surface area contributed by atoms with Crippen molar-refractivity contribution in [2.45, 2.75) is 25.4 Å². The van der Waals surface area contributed by atoms with Crippen LogP contribution < -0.4 is 10.2 Å². The second-order valence-electron chi connectivity index (χ2n) is 6.60. The number of carbonyl (C=O) groups excluding carboxylic acids is 1. The number of benzene rings is 2. The molecule has 1 fully saturated rings. The summed E-state index contributed by atoms with van der Waals surface area (Å²) in [5.41, 5.74) is 2.03. The minimum atomic E-state index is -0.321. The molecule has 138 valence electrons. The van der Waals surface area contributed by atoms with Crippen molar-refractivity contribution in [3.05, 3.63) is 60.2 Å². The Bertz CT molecular complexity index is 945. The molecular weight excluding hydrogens is 340 g/mol. The van der Waals surface area contributed by atoms with Crippen LogP contribution in [0.1, 0.15) is 18.4 Å². The third kappa shape index (κ3) is 3.56. The first kappa shape index (κ1) is 17.3. The van der Waals surface area contributed by atoms with Crippen molar-refractivity contribution >= 4 is 28.6 Å². The molecule has 0 unspecified atom stereocenters. The predicted molar refractivity (Wildman–Crippen MR) is 106 cm³/mol. The van der Waals surface area contributed by atoms with Gasteiger partial charge in [-0.25, -0.2) is 9.78 Å². The first-order chi connectivity index (χ1) is 13.3. The van der Waals surface area contributed by atoms with Gasteiger partial charge < -0.3 is 15.0 Å². The molecule has 1 aliphatic heterocycles. The summed E-state index contributed by atoms with van der Waals surface area (Å²) in [6, 6.07) is 17.8. The van der Waals surface area contributed by atoms with Crippen LogP contribution >= 0.6 is 0 Å². The lowest BCUT2D eigenvalue weighted by atomic mass is 10.2. The van der Waals surface area contributed by atoms with E-state index in [1.54, 1.807) is 0 Å². The number of hydrogen-bond acceptors (Lipinski definition) is 6. The van der Waals surface area contributed by atoms with Crippen LogP contribution in [0.2, 0.25) is 0 Å². The van der Waals surface area contributed by atoms with Gasteiger partial charge in [0.2, 0.25) is 5.95 Å². The fourth-order valence-corrected chi connectivity index (χ4v) is 3.50. The van der Waals surface area contributed by atoms with Gasteiger partial charge in [-0.05, 0) is 30.5 Å². The molecule has 0 spiro atoms. The lowest BCUT2D eigenvalue weighted by Crippen LogP contribution is -2.38. The normalized spacial score (nSPS) is 16.5. The number of rotatable bonds is 5. The van der Waals surface area contributed by atoms with E-state index in [1.165, 1.54) is 12.7 Å². The molecule has 0 aliphatic carbocycles. The fraction of sp³-hybridized carbons (Fsp3) is 0.286. The van der Waals surface area contributed by atoms with E-state index in [0.717, 1.165) is 36.1 Å². The van der Waals surface area contributed by atoms with E-state index in [-0.39, 0.29) is 12.0 Å². The van der Waals surface area contributed by atoms with Crippen LogP contribution in [0.15, 0.2) is 54.6 Å². The van der Waals surface area contributed by atoms with Crippen molar-refractivity contribution in [3.63, 3.8) is 0 Å². The van der Waals surface area contributed by atoms with Crippen molar-refractivity contribution in [2.24, 2.45) is 0 Å². The zero-order chi connectivity index (χ0) is 18.6. The first-order valence-electron chi connectivity index (χ1n) is 9.15. The lowest BCUT2D eigenvalue weighted by Gasteiger charge is -2.23. The molecule has 2 aromatic carbocycles. The number of nitrogens with one attached hydrogen (secondary N) is 1. The van der Waals surface area contributed by atoms with E-state index in [1.807, 2.05) is 47.4 Å². The molecule has 0 bridgehead atoms. The van der Waals surface area contributed by atoms with E-state index in [4.69, 9.17) is 14.7 Å². The molecule has 0 saturated carbocycles. The number of carbonyl (C=O) groups is 1. The number of esters is 1. The number of hydrogen-bond donors (Lipinski definition) is 1. The highest BCUT2D eigenvalue weighted by molar-refractivity contribution is 5.90. The molecule has 6 nitrogen and oxygen atoms in total. The Kier molecular flexibility index (Phi) is 4.87. The molecular formula is C21H22N4O2. The van der Waals surface area contributed by atoms with E-state index in [2.05, 4.69) is 17.4 Å². The SMILES string of the molecule is COC(=O)[C@@H]1CCCN1c1nc(NCc2ccccc2)c2ccccc2n1. The van der Waals surface area contributed by atoms with Gasteiger partial charge in [-0.2, -0.15) is 4.98 Å². The Morgan fingerprint density at radius 2 is 1.93 bits per heavy atom. The molecule has 1 aliphatic rings. The minimum Gasteiger partial charge on any atom is -0.467 e. The second-order valence-corrected chi connectivity index (χ2v) is 6.60. The van der Waals surface area contributed by atoms with Gasteiger partial charge in [0.05, 0.1) is 12.6 Å². The largest absolute Gasteiger partial charge is 0.467 e. The topological polar surface area (TPSA) is 67.3 Å². The van der Waals surface area contributed by atoms with Crippen LogP contribution in [0.4, 0.5) is 11.8 Å². The predicted octanol–water partition coefficient (Wildman–Crippen LogP) is 3.38. The van der Waals surface area contributed by atoms with Gasteiger partial charge in [0.25, 0.3) is 0 Å². The van der Waals surface area contributed by atoms with Crippen LogP contribution in [-0.2, 0) is 16.1 Å². The Hall–Kier alpha value is -3.15. The Morgan fingerprint density at radius 3 is 2.74 bits per heavy atom. The Labute approximate surface area is 158 Å². The molecule has 1 N–H and O–H groups in total. The third-order valence-electron chi connectivity index (χ3n) is 4.88. The summed E-state index contributed by atoms with van der Waals surface area (Å²) in [6.45, 7) is 1.41. The van der Waals surface area contributed by atoms with E-state index >= 15 is 0 Å². The molecule has 3 aromatic rings. The van der Waals surface area contributed by atoms with Gasteiger partial charge in [0.1, 0.15) is 11.9 Å². The summed E-state index contributed by atoms with van der Waals surface area (Å²) in [4.78, 5) is 23.5. The Morgan fingerprint density at radius 1 is 1.15 bits per heavy atom. The van der Waals surface area contributed by atoms with Gasteiger partial charge in [-0.3, -0.25) is 0 Å². The van der Waals surface area contributed by atoms with Gasteiger partial charge in [-0.15, -0.1) is 0 Å². The lowest BCUT2D eigenvalue weighted by molar-refractivity contribution is -0.141. The smallest absolute Gasteiger partial charge is 0.328 e. The van der Waals surface area contributed by atoms with Crippen LogP contribution in [0, 0.1) is 0 Å². The fourth-order valence-electron chi connectivity index (χ4n) is 3.50. The number of nitrogens with zero attached hydrogens (tertiary/aromatic N) is 3. The Balaban J connectivity index is 1.69. The maximum absolute atomic E-state index is 12.1. The summed E-state index contributed by atoms with van der Waals surface area (Å²) in [5.74, 6) is 1.11. The van der Waals surface area contributed by atoms with Crippen molar-refractivity contribution in [2.75, 3.05) is 23.9 Å². The van der Waals surface area contributed by atoms with Gasteiger partial charge in [0.15, 0.2) is 0 Å². The number of ether oxygens (including phenoxy) is 1. The van der Waals surface area contributed by atoms with Crippen LogP contribution in [-0.4, -0.2) is 35.6 Å². The van der Waals surface area contributed by atoms with Crippen molar-refractivity contribution < 1.29 is 9.53 Å². The molecule has 27 heavy (non-hydrogen) atoms. The maximum Gasteiger partial charge on any atom is 0.328 e. The summed E-state index contributed by atoms with van der Waals surface area (Å²) in [5, 5.41) is 4.40. The molecule has 0 amide bonds. The molecule has 2 heterocycles. The van der Waals surface area contributed by atoms with Crippen molar-refractivity contribution in [3.8, 4) is 0 Å². The molecule has 4 rings (SSSR count). The summed E-state index contributed by atoms with van der Waals surface area (Å²) in [6.07, 6.45) is 1.68. The third-order valence-corrected chi connectivity index (χ3v) is 4.88. The van der Waals surface area contributed by atoms with Crippen molar-refractivity contribution in [1.29, 1.82) is 0 Å². The van der Waals surface area contributed by atoms with Crippen LogP contribution in [0.25, 0.3) is 10.9 Å². The average molecular weight is 362 g/mol. The first-order valence-corrected chi connectivity index (χ1v) is 9.15. The highest BCUT2D eigenvalue weighted by Crippen LogP contribution is 2.28. The summed E-state index contributed by atoms with van der Waals surface area (Å²) >= 11 is 0. The molecule has 1 aromatic heterocycles. The molecule has 0 radical (unpaired) electrons. The number of anilines is 2. The summed E-state index contributed by atoms with van der Waals surface area (Å²) < 4.78 is 4.96. The quantitative estimate of drug-likeness (QED) is 0.702. The molecule has 1 atom stereocenters. The number of methoxy groups -OCH3 is 1.